The Balaban J connectivity index is 2.82. The first kappa shape index (κ1) is 15.6. The first-order chi connectivity index (χ1) is 8.86. The van der Waals surface area contributed by atoms with Crippen molar-refractivity contribution >= 4 is 44.4 Å². The van der Waals surface area contributed by atoms with Gasteiger partial charge in [0.2, 0.25) is 0 Å². The third-order valence-electron chi connectivity index (χ3n) is 1.89. The van der Waals surface area contributed by atoms with Gasteiger partial charge in [-0.05, 0) is 12.1 Å². The maximum Gasteiger partial charge on any atom is 0.421 e. The van der Waals surface area contributed by atoms with Gasteiger partial charge in [-0.3, -0.25) is 10.1 Å². The summed E-state index contributed by atoms with van der Waals surface area (Å²) < 4.78 is 30.2. The zero-order chi connectivity index (χ0) is 14.5. The Morgan fingerprint density at radius 2 is 1.95 bits per heavy atom. The van der Waals surface area contributed by atoms with E-state index < -0.39 is 21.0 Å². The minimum atomic E-state index is -4.08. The van der Waals surface area contributed by atoms with E-state index in [1.54, 1.807) is 4.72 Å². The van der Waals surface area contributed by atoms with Crippen LogP contribution in [0.15, 0.2) is 29.2 Å². The molecule has 1 N–H and O–H groups in total. The summed E-state index contributed by atoms with van der Waals surface area (Å²) in [6.45, 7) is 0.0855. The van der Waals surface area contributed by atoms with Gasteiger partial charge in [-0.1, -0.05) is 22.6 Å². The molecule has 8 nitrogen and oxygen atoms in total. The molecule has 0 unspecified atom stereocenters. The highest BCUT2D eigenvalue weighted by molar-refractivity contribution is 14.1. The van der Waals surface area contributed by atoms with Gasteiger partial charge in [-0.2, -0.15) is 0 Å². The van der Waals surface area contributed by atoms with E-state index in [9.17, 15) is 23.3 Å². The zero-order valence-corrected chi connectivity index (χ0v) is 12.4. The minimum absolute atomic E-state index is 0.0855. The number of non-ortho nitro benzene ring substituents is 1. The van der Waals surface area contributed by atoms with E-state index in [2.05, 4.69) is 4.74 Å². The standard InChI is InChI=1S/C9H9IN2O6S/c10-5-6-18-9(13)11-19(16,17)8-3-1-7(2-4-8)12(14)15/h1-4H,5-6H2,(H,11,13). The van der Waals surface area contributed by atoms with E-state index in [-0.39, 0.29) is 17.2 Å². The van der Waals surface area contributed by atoms with Crippen LogP contribution in [0.25, 0.3) is 0 Å². The van der Waals surface area contributed by atoms with Crippen LogP contribution in [-0.2, 0) is 14.8 Å². The fraction of sp³-hybridized carbons (Fsp3) is 0.222. The van der Waals surface area contributed by atoms with E-state index in [0.717, 1.165) is 24.3 Å². The second-order valence-electron chi connectivity index (χ2n) is 3.18. The predicted octanol–water partition coefficient (Wildman–Crippen LogP) is 1.44. The molecule has 0 spiro atoms. The molecule has 0 heterocycles. The topological polar surface area (TPSA) is 116 Å². The summed E-state index contributed by atoms with van der Waals surface area (Å²) in [5, 5.41) is 10.4. The fourth-order valence-corrected chi connectivity index (χ4v) is 2.19. The smallest absolute Gasteiger partial charge is 0.421 e. The lowest BCUT2D eigenvalue weighted by atomic mass is 10.3. The Bertz CT molecular complexity index is 571. The molecule has 0 aliphatic heterocycles. The van der Waals surface area contributed by atoms with E-state index in [1.807, 2.05) is 22.6 Å². The largest absolute Gasteiger partial charge is 0.448 e. The van der Waals surface area contributed by atoms with Gasteiger partial charge >= 0.3 is 6.09 Å². The molecule has 1 aromatic carbocycles. The van der Waals surface area contributed by atoms with Crippen molar-refractivity contribution in [3.63, 3.8) is 0 Å². The van der Waals surface area contributed by atoms with Crippen molar-refractivity contribution in [1.29, 1.82) is 0 Å². The number of benzene rings is 1. The summed E-state index contributed by atoms with van der Waals surface area (Å²) in [6, 6.07) is 4.13. The number of alkyl halides is 1. The SMILES string of the molecule is O=C(NS(=O)(=O)c1ccc([N+](=O)[O-])cc1)OCCI. The Morgan fingerprint density at radius 3 is 2.42 bits per heavy atom. The van der Waals surface area contributed by atoms with Gasteiger partial charge in [0, 0.05) is 16.6 Å². The maximum absolute atomic E-state index is 11.7. The maximum atomic E-state index is 11.7. The number of amides is 1. The van der Waals surface area contributed by atoms with E-state index in [4.69, 9.17) is 0 Å². The molecule has 0 aliphatic carbocycles. The molecule has 10 heteroatoms. The minimum Gasteiger partial charge on any atom is -0.448 e. The lowest BCUT2D eigenvalue weighted by Crippen LogP contribution is -2.31. The van der Waals surface area contributed by atoms with Crippen LogP contribution in [0, 0.1) is 10.1 Å². The molecule has 1 rings (SSSR count). The van der Waals surface area contributed by atoms with Crippen molar-refractivity contribution in [2.75, 3.05) is 11.0 Å². The lowest BCUT2D eigenvalue weighted by Gasteiger charge is -2.06. The quantitative estimate of drug-likeness (QED) is 0.346. The average Bonchev–Trinajstić information content (AvgIpc) is 2.36. The molecule has 0 atom stereocenters. The number of hydrogen-bond donors (Lipinski definition) is 1. The summed E-state index contributed by atoms with van der Waals surface area (Å²) in [4.78, 5) is 20.7. The third kappa shape index (κ3) is 4.63. The Morgan fingerprint density at radius 1 is 1.37 bits per heavy atom. The molecule has 1 aromatic rings. The van der Waals surface area contributed by atoms with Crippen molar-refractivity contribution in [2.24, 2.45) is 0 Å². The first-order valence-electron chi connectivity index (χ1n) is 4.87. The van der Waals surface area contributed by atoms with Gasteiger partial charge in [0.25, 0.3) is 15.7 Å². The Labute approximate surface area is 122 Å². The molecule has 0 fully saturated rings. The molecule has 0 saturated carbocycles. The molecule has 104 valence electrons. The number of nitro benzene ring substituents is 1. The molecule has 0 saturated heterocycles. The highest BCUT2D eigenvalue weighted by Gasteiger charge is 2.19. The van der Waals surface area contributed by atoms with Crippen molar-refractivity contribution < 1.29 is 22.9 Å². The number of ether oxygens (including phenoxy) is 1. The van der Waals surface area contributed by atoms with Gasteiger partial charge in [0.05, 0.1) is 9.82 Å². The zero-order valence-electron chi connectivity index (χ0n) is 9.41. The van der Waals surface area contributed by atoms with Crippen LogP contribution in [0.2, 0.25) is 0 Å². The van der Waals surface area contributed by atoms with E-state index >= 15 is 0 Å². The number of halogens is 1. The van der Waals surface area contributed by atoms with Gasteiger partial charge in [0.15, 0.2) is 0 Å². The van der Waals surface area contributed by atoms with Crippen molar-refractivity contribution in [2.45, 2.75) is 4.90 Å². The summed E-state index contributed by atoms with van der Waals surface area (Å²) in [5.41, 5.74) is -0.244. The Kier molecular flexibility index (Phi) is 5.47. The van der Waals surface area contributed by atoms with Crippen LogP contribution >= 0.6 is 22.6 Å². The summed E-state index contributed by atoms with van der Waals surface area (Å²) >= 11 is 1.96. The fourth-order valence-electron chi connectivity index (χ4n) is 1.08. The van der Waals surface area contributed by atoms with E-state index in [0.29, 0.717) is 4.43 Å². The van der Waals surface area contributed by atoms with Crippen LogP contribution < -0.4 is 4.72 Å². The van der Waals surface area contributed by atoms with Crippen molar-refractivity contribution in [1.82, 2.24) is 4.72 Å². The third-order valence-corrected chi connectivity index (χ3v) is 3.65. The molecule has 0 aliphatic rings. The van der Waals surface area contributed by atoms with Gasteiger partial charge in [-0.15, -0.1) is 0 Å². The van der Waals surface area contributed by atoms with Crippen LogP contribution in [-0.4, -0.2) is 30.5 Å². The predicted molar refractivity (Wildman–Crippen MR) is 73.7 cm³/mol. The first-order valence-corrected chi connectivity index (χ1v) is 7.87. The Hall–Kier alpha value is -1.43. The van der Waals surface area contributed by atoms with Crippen LogP contribution in [0.4, 0.5) is 10.5 Å². The molecule has 0 aromatic heterocycles. The van der Waals surface area contributed by atoms with Crippen LogP contribution in [0.5, 0.6) is 0 Å². The van der Waals surface area contributed by atoms with Crippen LogP contribution in [0.1, 0.15) is 0 Å². The number of hydrogen-bond acceptors (Lipinski definition) is 6. The normalized spacial score (nSPS) is 10.8. The highest BCUT2D eigenvalue weighted by atomic mass is 127. The van der Waals surface area contributed by atoms with Crippen molar-refractivity contribution in [3.05, 3.63) is 34.4 Å². The molecule has 19 heavy (non-hydrogen) atoms. The number of nitrogens with zero attached hydrogens (tertiary/aromatic N) is 1. The lowest BCUT2D eigenvalue weighted by molar-refractivity contribution is -0.384. The molecule has 0 radical (unpaired) electrons. The summed E-state index contributed by atoms with van der Waals surface area (Å²) in [6.07, 6.45) is -1.09. The number of carbonyl (C=O) groups is 1. The second kappa shape index (κ2) is 6.65. The van der Waals surface area contributed by atoms with Gasteiger partial charge in [0.1, 0.15) is 6.61 Å². The molecular weight excluding hydrogens is 391 g/mol. The number of nitro groups is 1. The molecular formula is C9H9IN2O6S. The second-order valence-corrected chi connectivity index (χ2v) is 5.94. The number of nitrogens with one attached hydrogen (secondary N) is 1. The van der Waals surface area contributed by atoms with E-state index in [1.165, 1.54) is 0 Å². The monoisotopic (exact) mass is 400 g/mol. The summed E-state index contributed by atoms with van der Waals surface area (Å²) in [5.74, 6) is 0. The number of rotatable bonds is 5. The van der Waals surface area contributed by atoms with Gasteiger partial charge in [-0.25, -0.2) is 17.9 Å². The summed E-state index contributed by atoms with van der Waals surface area (Å²) in [7, 11) is -4.08. The average molecular weight is 400 g/mol. The van der Waals surface area contributed by atoms with Crippen LogP contribution in [0.3, 0.4) is 0 Å². The number of carbonyl (C=O) groups excluding carboxylic acids is 1. The highest BCUT2D eigenvalue weighted by Crippen LogP contribution is 2.15. The number of sulfonamides is 1. The van der Waals surface area contributed by atoms with Crippen molar-refractivity contribution in [3.8, 4) is 0 Å². The van der Waals surface area contributed by atoms with Gasteiger partial charge < -0.3 is 4.74 Å². The molecule has 0 bridgehead atoms. The molecule has 1 amide bonds.